The van der Waals surface area contributed by atoms with E-state index in [1.165, 1.54) is 4.90 Å². The minimum Gasteiger partial charge on any atom is -0.439 e. The molecule has 0 unspecified atom stereocenters. The molecule has 1 rings (SSSR count). The molecular weight excluding hydrogens is 284 g/mol. The van der Waals surface area contributed by atoms with Gasteiger partial charge in [0.15, 0.2) is 6.61 Å². The Morgan fingerprint density at radius 1 is 1.27 bits per heavy atom. The molecule has 1 aliphatic heterocycles. The van der Waals surface area contributed by atoms with E-state index in [1.54, 1.807) is 7.05 Å². The fourth-order valence-electron chi connectivity index (χ4n) is 2.03. The zero-order valence-corrected chi connectivity index (χ0v) is 14.6. The monoisotopic (exact) mass is 316 g/mol. The number of likely N-dealkylation sites (tertiary alicyclic amines) is 1. The Morgan fingerprint density at radius 3 is 2.41 bits per heavy atom. The molecule has 7 heteroatoms. The summed E-state index contributed by atoms with van der Waals surface area (Å²) in [7, 11) is 5.53. The van der Waals surface area contributed by atoms with Crippen molar-refractivity contribution in [3.05, 3.63) is 0 Å². The van der Waals surface area contributed by atoms with Crippen LogP contribution in [0.1, 0.15) is 26.7 Å². The van der Waals surface area contributed by atoms with Crippen molar-refractivity contribution in [2.24, 2.45) is 0 Å². The van der Waals surface area contributed by atoms with Crippen LogP contribution in [0.3, 0.4) is 0 Å². The highest BCUT2D eigenvalue weighted by molar-refractivity contribution is 5.80. The normalized spacial score (nSPS) is 15.5. The molecule has 1 aliphatic rings. The average molecular weight is 316 g/mol. The van der Waals surface area contributed by atoms with Gasteiger partial charge in [0.1, 0.15) is 0 Å². The van der Waals surface area contributed by atoms with E-state index in [1.807, 2.05) is 20.9 Å². The van der Waals surface area contributed by atoms with Gasteiger partial charge in [0.25, 0.3) is 5.91 Å². The maximum absolute atomic E-state index is 11.7. The third-order valence-electron chi connectivity index (χ3n) is 3.42. The van der Waals surface area contributed by atoms with Gasteiger partial charge < -0.3 is 25.2 Å². The van der Waals surface area contributed by atoms with Crippen LogP contribution >= 0.6 is 0 Å². The molecule has 1 fully saturated rings. The molecule has 0 radical (unpaired) electrons. The molecule has 7 nitrogen and oxygen atoms in total. The third-order valence-corrected chi connectivity index (χ3v) is 3.42. The van der Waals surface area contributed by atoms with Gasteiger partial charge in [-0.2, -0.15) is 0 Å². The molecule has 130 valence electrons. The number of carbonyl (C=O) groups is 2. The van der Waals surface area contributed by atoms with Crippen molar-refractivity contribution in [3.63, 3.8) is 0 Å². The van der Waals surface area contributed by atoms with E-state index in [-0.39, 0.29) is 18.6 Å². The highest BCUT2D eigenvalue weighted by Crippen LogP contribution is 2.07. The van der Waals surface area contributed by atoms with Gasteiger partial charge in [0.2, 0.25) is 0 Å². The first kappa shape index (κ1) is 20.7. The Hall–Kier alpha value is -1.34. The predicted octanol–water partition coefficient (Wildman–Crippen LogP) is 0.511. The van der Waals surface area contributed by atoms with E-state index < -0.39 is 6.09 Å². The van der Waals surface area contributed by atoms with Gasteiger partial charge >= 0.3 is 6.09 Å². The quantitative estimate of drug-likeness (QED) is 0.747. The zero-order valence-electron chi connectivity index (χ0n) is 14.6. The van der Waals surface area contributed by atoms with Crippen LogP contribution in [0, 0.1) is 0 Å². The molecule has 0 aliphatic carbocycles. The first-order valence-corrected chi connectivity index (χ1v) is 8.03. The molecule has 1 saturated heterocycles. The Kier molecular flexibility index (Phi) is 11.5. The van der Waals surface area contributed by atoms with Crippen LogP contribution in [0.4, 0.5) is 4.79 Å². The van der Waals surface area contributed by atoms with Crippen LogP contribution in [0.5, 0.6) is 0 Å². The smallest absolute Gasteiger partial charge is 0.410 e. The van der Waals surface area contributed by atoms with Crippen molar-refractivity contribution < 1.29 is 14.3 Å². The molecule has 22 heavy (non-hydrogen) atoms. The number of likely N-dealkylation sites (N-methyl/N-ethyl adjacent to an activating group) is 2. The molecular formula is C15H32N4O3. The third kappa shape index (κ3) is 8.84. The Labute approximate surface area is 134 Å². The van der Waals surface area contributed by atoms with Crippen LogP contribution in [0.15, 0.2) is 0 Å². The van der Waals surface area contributed by atoms with E-state index in [2.05, 4.69) is 22.6 Å². The molecule has 0 aromatic heterocycles. The number of hydrogen-bond acceptors (Lipinski definition) is 5. The minimum absolute atomic E-state index is 0.194. The van der Waals surface area contributed by atoms with Crippen molar-refractivity contribution >= 4 is 12.0 Å². The lowest BCUT2D eigenvalue weighted by Gasteiger charge is -2.29. The number of rotatable bonds is 6. The lowest BCUT2D eigenvalue weighted by atomic mass is 10.1. The number of amides is 2. The summed E-state index contributed by atoms with van der Waals surface area (Å²) in [5, 5.41) is 5.85. The lowest BCUT2D eigenvalue weighted by molar-refractivity contribution is -0.125. The fourth-order valence-corrected chi connectivity index (χ4v) is 2.03. The van der Waals surface area contributed by atoms with Gasteiger partial charge in [-0.3, -0.25) is 4.79 Å². The summed E-state index contributed by atoms with van der Waals surface area (Å²) in [4.78, 5) is 27.0. The van der Waals surface area contributed by atoms with Crippen molar-refractivity contribution in [3.8, 4) is 0 Å². The van der Waals surface area contributed by atoms with Gasteiger partial charge in [-0.05, 0) is 40.0 Å². The predicted molar refractivity (Wildman–Crippen MR) is 87.9 cm³/mol. The standard InChI is InChI=1S/C13H26N4O3.C2H6/c1-14-6-9-17(3)13(19)20-10-12(18)15-11-4-7-16(2)8-5-11;1-2/h11,14H,4-10H2,1-3H3,(H,15,18);1-2H3. The Balaban J connectivity index is 0.00000211. The second-order valence-corrected chi connectivity index (χ2v) is 5.22. The first-order chi connectivity index (χ1) is 10.5. The van der Waals surface area contributed by atoms with Crippen LogP contribution in [0.25, 0.3) is 0 Å². The summed E-state index contributed by atoms with van der Waals surface area (Å²) in [6, 6.07) is 0.194. The Bertz CT molecular complexity index is 318. The van der Waals surface area contributed by atoms with Crippen molar-refractivity contribution in [1.82, 2.24) is 20.4 Å². The highest BCUT2D eigenvalue weighted by Gasteiger charge is 2.19. The zero-order chi connectivity index (χ0) is 17.0. The number of carbonyl (C=O) groups excluding carboxylic acids is 2. The summed E-state index contributed by atoms with van der Waals surface area (Å²) in [5.41, 5.74) is 0. The minimum atomic E-state index is -0.473. The fraction of sp³-hybridized carbons (Fsp3) is 0.867. The number of nitrogens with zero attached hydrogens (tertiary/aromatic N) is 2. The molecule has 0 spiro atoms. The maximum Gasteiger partial charge on any atom is 0.410 e. The highest BCUT2D eigenvalue weighted by atomic mass is 16.6. The topological polar surface area (TPSA) is 73.9 Å². The van der Waals surface area contributed by atoms with E-state index in [0.717, 1.165) is 25.9 Å². The number of hydrogen-bond donors (Lipinski definition) is 2. The van der Waals surface area contributed by atoms with E-state index in [0.29, 0.717) is 13.1 Å². The molecule has 2 amide bonds. The van der Waals surface area contributed by atoms with Gasteiger partial charge in [-0.15, -0.1) is 0 Å². The molecule has 0 saturated carbocycles. The van der Waals surface area contributed by atoms with Crippen molar-refractivity contribution in [1.29, 1.82) is 0 Å². The van der Waals surface area contributed by atoms with Gasteiger partial charge in [-0.25, -0.2) is 4.79 Å². The second kappa shape index (κ2) is 12.2. The lowest BCUT2D eigenvalue weighted by Crippen LogP contribution is -2.45. The molecule has 0 aromatic carbocycles. The SMILES string of the molecule is CC.CNCCN(C)C(=O)OCC(=O)NC1CCN(C)CC1. The van der Waals surface area contributed by atoms with E-state index in [4.69, 9.17) is 4.74 Å². The van der Waals surface area contributed by atoms with Gasteiger partial charge in [0, 0.05) is 26.2 Å². The molecule has 0 atom stereocenters. The van der Waals surface area contributed by atoms with Crippen LogP contribution in [-0.2, 0) is 9.53 Å². The number of piperidine rings is 1. The summed E-state index contributed by atoms with van der Waals surface area (Å²) >= 11 is 0. The average Bonchev–Trinajstić information content (AvgIpc) is 2.54. The number of nitrogens with one attached hydrogen (secondary N) is 2. The molecule has 0 aromatic rings. The van der Waals surface area contributed by atoms with Crippen LogP contribution < -0.4 is 10.6 Å². The summed E-state index contributed by atoms with van der Waals surface area (Å²) in [5.74, 6) is -0.227. The number of ether oxygens (including phenoxy) is 1. The Morgan fingerprint density at radius 2 is 1.86 bits per heavy atom. The maximum atomic E-state index is 11.7. The van der Waals surface area contributed by atoms with Gasteiger partial charge in [-0.1, -0.05) is 13.8 Å². The summed E-state index contributed by atoms with van der Waals surface area (Å²) in [6.07, 6.45) is 1.41. The first-order valence-electron chi connectivity index (χ1n) is 8.03. The van der Waals surface area contributed by atoms with Crippen molar-refractivity contribution in [2.45, 2.75) is 32.7 Å². The van der Waals surface area contributed by atoms with E-state index >= 15 is 0 Å². The van der Waals surface area contributed by atoms with Crippen LogP contribution in [0.2, 0.25) is 0 Å². The largest absolute Gasteiger partial charge is 0.439 e. The van der Waals surface area contributed by atoms with Crippen molar-refractivity contribution in [2.75, 3.05) is 53.9 Å². The summed E-state index contributed by atoms with van der Waals surface area (Å²) in [6.45, 7) is 6.99. The molecule has 2 N–H and O–H groups in total. The van der Waals surface area contributed by atoms with Gasteiger partial charge in [0.05, 0.1) is 0 Å². The molecule has 0 bridgehead atoms. The van der Waals surface area contributed by atoms with Crippen LogP contribution in [-0.4, -0.2) is 81.8 Å². The second-order valence-electron chi connectivity index (χ2n) is 5.22. The summed E-state index contributed by atoms with van der Waals surface area (Å²) < 4.78 is 4.96. The molecule has 1 heterocycles. The van der Waals surface area contributed by atoms with E-state index in [9.17, 15) is 9.59 Å².